The van der Waals surface area contributed by atoms with Gasteiger partial charge in [0.05, 0.1) is 5.56 Å². The molecule has 0 bridgehead atoms. The van der Waals surface area contributed by atoms with Gasteiger partial charge in [-0.3, -0.25) is 0 Å². The topological polar surface area (TPSA) is 90.3 Å². The number of nitriles is 1. The second kappa shape index (κ2) is 7.06. The summed E-state index contributed by atoms with van der Waals surface area (Å²) in [5, 5.41) is 25.0. The van der Waals surface area contributed by atoms with Crippen LogP contribution < -0.4 is 5.32 Å². The third-order valence-electron chi connectivity index (χ3n) is 3.52. The van der Waals surface area contributed by atoms with Crippen LogP contribution in [-0.2, 0) is 6.18 Å². The molecule has 0 radical (unpaired) electrons. The normalized spacial score (nSPS) is 11.8. The Morgan fingerprint density at radius 1 is 1.12 bits per heavy atom. The number of hydrogen-bond donors (Lipinski definition) is 2. The van der Waals surface area contributed by atoms with Gasteiger partial charge >= 0.3 is 6.18 Å². The van der Waals surface area contributed by atoms with Gasteiger partial charge in [0.2, 0.25) is 5.82 Å². The largest absolute Gasteiger partial charge is 0.417 e. The fourth-order valence-electron chi connectivity index (χ4n) is 2.31. The molecule has 26 heavy (non-hydrogen) atoms. The summed E-state index contributed by atoms with van der Waals surface area (Å²) in [7, 11) is 0. The van der Waals surface area contributed by atoms with E-state index in [9.17, 15) is 13.2 Å². The molecule has 9 heteroatoms. The van der Waals surface area contributed by atoms with Crippen LogP contribution >= 0.6 is 0 Å². The van der Waals surface area contributed by atoms with Gasteiger partial charge < -0.3 is 5.32 Å². The van der Waals surface area contributed by atoms with Gasteiger partial charge in [0.15, 0.2) is 0 Å². The lowest BCUT2D eigenvalue weighted by atomic mass is 9.99. The first kappa shape index (κ1) is 17.2. The van der Waals surface area contributed by atoms with Crippen molar-refractivity contribution in [1.29, 1.82) is 5.26 Å². The highest BCUT2D eigenvalue weighted by Crippen LogP contribution is 2.37. The van der Waals surface area contributed by atoms with E-state index in [4.69, 9.17) is 5.26 Å². The Morgan fingerprint density at radius 2 is 1.85 bits per heavy atom. The van der Waals surface area contributed by atoms with Crippen LogP contribution in [0.2, 0.25) is 0 Å². The first-order chi connectivity index (χ1) is 12.5. The van der Waals surface area contributed by atoms with E-state index in [1.165, 1.54) is 18.3 Å². The number of anilines is 1. The van der Waals surface area contributed by atoms with E-state index in [1.807, 2.05) is 6.07 Å². The second-order valence-corrected chi connectivity index (χ2v) is 5.17. The molecule has 0 saturated heterocycles. The summed E-state index contributed by atoms with van der Waals surface area (Å²) in [6.07, 6.45) is -3.04. The third kappa shape index (κ3) is 3.70. The maximum Gasteiger partial charge on any atom is 0.417 e. The maximum atomic E-state index is 13.1. The zero-order chi connectivity index (χ0) is 18.6. The quantitative estimate of drug-likeness (QED) is 0.693. The number of H-pyrrole nitrogens is 1. The highest BCUT2D eigenvalue weighted by Gasteiger charge is 2.33. The lowest BCUT2D eigenvalue weighted by molar-refractivity contribution is -0.137. The van der Waals surface area contributed by atoms with Crippen LogP contribution in [0.5, 0.6) is 0 Å². The van der Waals surface area contributed by atoms with Crippen LogP contribution in [0, 0.1) is 11.3 Å². The highest BCUT2D eigenvalue weighted by molar-refractivity contribution is 5.75. The van der Waals surface area contributed by atoms with Crippen LogP contribution in [-0.4, -0.2) is 20.6 Å². The number of halogens is 3. The lowest BCUT2D eigenvalue weighted by Gasteiger charge is -2.13. The molecule has 3 aromatic rings. The number of allylic oxidation sites excluding steroid dienone is 1. The summed E-state index contributed by atoms with van der Waals surface area (Å²) in [5.74, 6) is 0.135. The van der Waals surface area contributed by atoms with Crippen LogP contribution in [0.15, 0.2) is 54.7 Å². The van der Waals surface area contributed by atoms with Gasteiger partial charge in [0.1, 0.15) is 11.6 Å². The van der Waals surface area contributed by atoms with E-state index < -0.39 is 11.7 Å². The molecular weight excluding hydrogens is 345 g/mol. The first-order valence-corrected chi connectivity index (χ1v) is 7.36. The van der Waals surface area contributed by atoms with E-state index in [1.54, 1.807) is 30.3 Å². The van der Waals surface area contributed by atoms with Gasteiger partial charge in [-0.2, -0.15) is 23.6 Å². The fourth-order valence-corrected chi connectivity index (χ4v) is 2.31. The molecule has 0 aliphatic heterocycles. The summed E-state index contributed by atoms with van der Waals surface area (Å²) in [6, 6.07) is 13.7. The first-order valence-electron chi connectivity index (χ1n) is 7.36. The number of tetrazole rings is 1. The Hall–Kier alpha value is -3.67. The van der Waals surface area contributed by atoms with Gasteiger partial charge in [0, 0.05) is 11.9 Å². The number of benzene rings is 2. The molecule has 2 aromatic carbocycles. The minimum Gasteiger partial charge on any atom is -0.360 e. The molecule has 1 aromatic heterocycles. The SMILES string of the molecule is N#CC(=CNc1ccc(-c2ccccc2C(F)(F)F)cc1)c1nn[nH]n1. The number of nitrogens with zero attached hydrogens (tertiary/aromatic N) is 4. The average molecular weight is 356 g/mol. The fraction of sp³-hybridized carbons (Fsp3) is 0.0588. The summed E-state index contributed by atoms with van der Waals surface area (Å²) < 4.78 is 39.4. The summed E-state index contributed by atoms with van der Waals surface area (Å²) >= 11 is 0. The maximum absolute atomic E-state index is 13.1. The lowest BCUT2D eigenvalue weighted by Crippen LogP contribution is -2.06. The standard InChI is InChI=1S/C17H11F3N6/c18-17(19,20)15-4-2-1-3-14(15)11-5-7-13(8-6-11)22-10-12(9-21)16-23-25-26-24-16/h1-8,10,22H,(H,23,24,25,26). The molecule has 0 amide bonds. The number of aromatic nitrogens is 4. The Labute approximate surface area is 146 Å². The van der Waals surface area contributed by atoms with Crippen LogP contribution in [0.1, 0.15) is 11.4 Å². The second-order valence-electron chi connectivity index (χ2n) is 5.17. The molecular formula is C17H11F3N6. The van der Waals surface area contributed by atoms with Crippen molar-refractivity contribution in [2.24, 2.45) is 0 Å². The number of alkyl halides is 3. The van der Waals surface area contributed by atoms with Crippen LogP contribution in [0.25, 0.3) is 16.7 Å². The van der Waals surface area contributed by atoms with Gasteiger partial charge in [-0.1, -0.05) is 30.3 Å². The Morgan fingerprint density at radius 3 is 2.46 bits per heavy atom. The summed E-state index contributed by atoms with van der Waals surface area (Å²) in [6.45, 7) is 0. The van der Waals surface area contributed by atoms with Crippen molar-refractivity contribution in [1.82, 2.24) is 20.6 Å². The molecule has 0 unspecified atom stereocenters. The van der Waals surface area contributed by atoms with Crippen LogP contribution in [0.4, 0.5) is 18.9 Å². The number of rotatable bonds is 4. The monoisotopic (exact) mass is 356 g/mol. The van der Waals surface area contributed by atoms with Crippen molar-refractivity contribution in [3.05, 3.63) is 66.1 Å². The molecule has 6 nitrogen and oxygen atoms in total. The number of hydrogen-bond acceptors (Lipinski definition) is 5. The predicted molar refractivity (Wildman–Crippen MR) is 88.3 cm³/mol. The highest BCUT2D eigenvalue weighted by atomic mass is 19.4. The molecule has 0 spiro atoms. The molecule has 0 fully saturated rings. The van der Waals surface area contributed by atoms with Crippen molar-refractivity contribution >= 4 is 11.3 Å². The average Bonchev–Trinajstić information content (AvgIpc) is 3.17. The number of aromatic amines is 1. The van der Waals surface area contributed by atoms with Crippen molar-refractivity contribution in [3.63, 3.8) is 0 Å². The molecule has 0 atom stereocenters. The molecule has 0 saturated carbocycles. The van der Waals surface area contributed by atoms with Crippen molar-refractivity contribution < 1.29 is 13.2 Å². The van der Waals surface area contributed by atoms with E-state index in [0.29, 0.717) is 11.3 Å². The molecule has 0 aliphatic carbocycles. The molecule has 3 rings (SSSR count). The summed E-state index contributed by atoms with van der Waals surface area (Å²) in [5.41, 5.74) is 0.599. The van der Waals surface area contributed by atoms with Gasteiger partial charge in [-0.15, -0.1) is 10.2 Å². The van der Waals surface area contributed by atoms with Crippen molar-refractivity contribution in [2.45, 2.75) is 6.18 Å². The third-order valence-corrected chi connectivity index (χ3v) is 3.52. The van der Waals surface area contributed by atoms with E-state index >= 15 is 0 Å². The Balaban J connectivity index is 1.83. The van der Waals surface area contributed by atoms with Gasteiger partial charge in [-0.05, 0) is 34.5 Å². The van der Waals surface area contributed by atoms with E-state index in [2.05, 4.69) is 25.9 Å². The van der Waals surface area contributed by atoms with E-state index in [0.717, 1.165) is 6.07 Å². The Bertz CT molecular complexity index is 953. The predicted octanol–water partition coefficient (Wildman–Crippen LogP) is 3.86. The molecule has 130 valence electrons. The summed E-state index contributed by atoms with van der Waals surface area (Å²) in [4.78, 5) is 0. The van der Waals surface area contributed by atoms with Gasteiger partial charge in [-0.25, -0.2) is 0 Å². The molecule has 2 N–H and O–H groups in total. The Kier molecular flexibility index (Phi) is 4.66. The smallest absolute Gasteiger partial charge is 0.360 e. The van der Waals surface area contributed by atoms with E-state index in [-0.39, 0.29) is 17.0 Å². The van der Waals surface area contributed by atoms with Crippen molar-refractivity contribution in [2.75, 3.05) is 5.32 Å². The minimum absolute atomic E-state index is 0.103. The minimum atomic E-state index is -4.43. The van der Waals surface area contributed by atoms with Crippen molar-refractivity contribution in [3.8, 4) is 17.2 Å². The zero-order valence-electron chi connectivity index (χ0n) is 13.1. The molecule has 0 aliphatic rings. The zero-order valence-corrected chi connectivity index (χ0v) is 13.1. The van der Waals surface area contributed by atoms with Crippen LogP contribution in [0.3, 0.4) is 0 Å². The van der Waals surface area contributed by atoms with Gasteiger partial charge in [0.25, 0.3) is 0 Å². The number of nitrogens with one attached hydrogen (secondary N) is 2. The molecule has 1 heterocycles.